The number of aromatic nitrogens is 2. The first-order valence-corrected chi connectivity index (χ1v) is 8.73. The normalized spacial score (nSPS) is 17.7. The molecule has 1 aliphatic carbocycles. The van der Waals surface area contributed by atoms with Gasteiger partial charge in [0.2, 0.25) is 0 Å². The largest absolute Gasteiger partial charge is 0.316 e. The van der Waals surface area contributed by atoms with Crippen molar-refractivity contribution in [3.8, 4) is 10.7 Å². The van der Waals surface area contributed by atoms with E-state index in [1.807, 2.05) is 23.6 Å². The molecular formula is C17H23N3S. The number of hydrogen-bond donors (Lipinski definition) is 1. The van der Waals surface area contributed by atoms with Gasteiger partial charge < -0.3 is 5.32 Å². The summed E-state index contributed by atoms with van der Waals surface area (Å²) in [5.41, 5.74) is 3.59. The van der Waals surface area contributed by atoms with Crippen molar-refractivity contribution in [3.05, 3.63) is 34.5 Å². The standard InChI is InChI=1S/C17H23N3S/c1-3-9-18-11-13-7-4-8-14-16(13)20-17(21-14)15-12(2)6-5-10-19-15/h5-6,10,13,18H,3-4,7-9,11H2,1-2H3. The van der Waals surface area contributed by atoms with E-state index in [9.17, 15) is 0 Å². The minimum Gasteiger partial charge on any atom is -0.316 e. The fourth-order valence-electron chi connectivity index (χ4n) is 2.97. The summed E-state index contributed by atoms with van der Waals surface area (Å²) in [6.07, 6.45) is 6.78. The second kappa shape index (κ2) is 6.67. The average Bonchev–Trinajstić information content (AvgIpc) is 2.92. The molecule has 0 saturated carbocycles. The monoisotopic (exact) mass is 301 g/mol. The van der Waals surface area contributed by atoms with Gasteiger partial charge in [-0.1, -0.05) is 13.0 Å². The molecule has 2 aromatic rings. The van der Waals surface area contributed by atoms with Crippen molar-refractivity contribution in [2.24, 2.45) is 0 Å². The van der Waals surface area contributed by atoms with Crippen molar-refractivity contribution >= 4 is 11.3 Å². The Morgan fingerprint density at radius 2 is 2.33 bits per heavy atom. The van der Waals surface area contributed by atoms with E-state index in [4.69, 9.17) is 4.98 Å². The zero-order valence-corrected chi connectivity index (χ0v) is 13.7. The van der Waals surface area contributed by atoms with Gasteiger partial charge in [0, 0.05) is 23.5 Å². The van der Waals surface area contributed by atoms with Crippen molar-refractivity contribution in [1.29, 1.82) is 0 Å². The van der Waals surface area contributed by atoms with Gasteiger partial charge in [-0.2, -0.15) is 0 Å². The molecule has 112 valence electrons. The fourth-order valence-corrected chi connectivity index (χ4v) is 4.22. The van der Waals surface area contributed by atoms with Crippen molar-refractivity contribution in [3.63, 3.8) is 0 Å². The number of fused-ring (bicyclic) bond motifs is 1. The van der Waals surface area contributed by atoms with Crippen LogP contribution in [0.3, 0.4) is 0 Å². The third kappa shape index (κ3) is 3.16. The molecule has 3 nitrogen and oxygen atoms in total. The molecule has 0 bridgehead atoms. The van der Waals surface area contributed by atoms with E-state index < -0.39 is 0 Å². The van der Waals surface area contributed by atoms with Gasteiger partial charge in [-0.05, 0) is 50.8 Å². The number of hydrogen-bond acceptors (Lipinski definition) is 4. The lowest BCUT2D eigenvalue weighted by molar-refractivity contribution is 0.502. The molecule has 0 amide bonds. The van der Waals surface area contributed by atoms with Crippen molar-refractivity contribution in [1.82, 2.24) is 15.3 Å². The maximum Gasteiger partial charge on any atom is 0.142 e. The van der Waals surface area contributed by atoms with Gasteiger partial charge in [-0.15, -0.1) is 11.3 Å². The Bertz CT molecular complexity index is 606. The average molecular weight is 301 g/mol. The predicted octanol–water partition coefficient (Wildman–Crippen LogP) is 3.93. The van der Waals surface area contributed by atoms with Crippen LogP contribution in [0.4, 0.5) is 0 Å². The Hall–Kier alpha value is -1.26. The SMILES string of the molecule is CCCNCC1CCCc2sc(-c3ncccc3C)nc21. The molecule has 1 N–H and O–H groups in total. The summed E-state index contributed by atoms with van der Waals surface area (Å²) in [5, 5.41) is 4.65. The van der Waals surface area contributed by atoms with Crippen LogP contribution in [-0.2, 0) is 6.42 Å². The summed E-state index contributed by atoms with van der Waals surface area (Å²) in [6, 6.07) is 4.10. The Balaban J connectivity index is 1.86. The van der Waals surface area contributed by atoms with Crippen LogP contribution < -0.4 is 5.32 Å². The van der Waals surface area contributed by atoms with E-state index in [0.717, 1.165) is 23.8 Å². The second-order valence-electron chi connectivity index (χ2n) is 5.79. The summed E-state index contributed by atoms with van der Waals surface area (Å²) in [7, 11) is 0. The van der Waals surface area contributed by atoms with Gasteiger partial charge in [0.05, 0.1) is 5.69 Å². The third-order valence-electron chi connectivity index (χ3n) is 4.10. The number of nitrogens with zero attached hydrogens (tertiary/aromatic N) is 2. The van der Waals surface area contributed by atoms with Crippen LogP contribution in [-0.4, -0.2) is 23.1 Å². The maximum absolute atomic E-state index is 4.96. The highest BCUT2D eigenvalue weighted by atomic mass is 32.1. The Morgan fingerprint density at radius 3 is 3.14 bits per heavy atom. The van der Waals surface area contributed by atoms with Gasteiger partial charge in [-0.25, -0.2) is 4.98 Å². The quantitative estimate of drug-likeness (QED) is 0.850. The topological polar surface area (TPSA) is 37.8 Å². The van der Waals surface area contributed by atoms with E-state index in [1.165, 1.54) is 41.8 Å². The lowest BCUT2D eigenvalue weighted by Gasteiger charge is -2.21. The van der Waals surface area contributed by atoms with Crippen LogP contribution in [0.2, 0.25) is 0 Å². The lowest BCUT2D eigenvalue weighted by atomic mass is 9.91. The zero-order chi connectivity index (χ0) is 14.7. The first kappa shape index (κ1) is 14.7. The number of thiazole rings is 1. The van der Waals surface area contributed by atoms with Crippen molar-refractivity contribution in [2.45, 2.75) is 45.4 Å². The van der Waals surface area contributed by atoms with Crippen molar-refractivity contribution in [2.75, 3.05) is 13.1 Å². The number of rotatable bonds is 5. The molecule has 21 heavy (non-hydrogen) atoms. The van der Waals surface area contributed by atoms with Crippen LogP contribution in [0.15, 0.2) is 18.3 Å². The number of nitrogens with one attached hydrogen (secondary N) is 1. The first-order valence-electron chi connectivity index (χ1n) is 7.92. The highest BCUT2D eigenvalue weighted by Crippen LogP contribution is 2.38. The number of aryl methyl sites for hydroxylation is 2. The van der Waals surface area contributed by atoms with Crippen LogP contribution in [0, 0.1) is 6.92 Å². The minimum atomic E-state index is 0.578. The molecule has 0 aromatic carbocycles. The molecule has 3 rings (SSSR count). The zero-order valence-electron chi connectivity index (χ0n) is 12.9. The molecule has 0 fully saturated rings. The number of pyridine rings is 1. The Labute approximate surface area is 130 Å². The summed E-state index contributed by atoms with van der Waals surface area (Å²) >= 11 is 1.84. The first-order chi connectivity index (χ1) is 10.3. The summed E-state index contributed by atoms with van der Waals surface area (Å²) in [6.45, 7) is 6.49. The van der Waals surface area contributed by atoms with Crippen LogP contribution in [0.1, 0.15) is 48.2 Å². The summed E-state index contributed by atoms with van der Waals surface area (Å²) in [5.74, 6) is 0.578. The minimum absolute atomic E-state index is 0.578. The molecule has 0 spiro atoms. The molecule has 0 saturated heterocycles. The van der Waals surface area contributed by atoms with Crippen LogP contribution in [0.5, 0.6) is 0 Å². The summed E-state index contributed by atoms with van der Waals surface area (Å²) < 4.78 is 0. The van der Waals surface area contributed by atoms with E-state index in [-0.39, 0.29) is 0 Å². The van der Waals surface area contributed by atoms with Gasteiger partial charge in [0.15, 0.2) is 0 Å². The molecule has 2 heterocycles. The lowest BCUT2D eigenvalue weighted by Crippen LogP contribution is -2.24. The maximum atomic E-state index is 4.96. The molecule has 0 radical (unpaired) electrons. The molecule has 1 atom stereocenters. The highest BCUT2D eigenvalue weighted by Gasteiger charge is 2.25. The van der Waals surface area contributed by atoms with Crippen LogP contribution >= 0.6 is 11.3 Å². The van der Waals surface area contributed by atoms with Gasteiger partial charge >= 0.3 is 0 Å². The second-order valence-corrected chi connectivity index (χ2v) is 6.87. The molecular weight excluding hydrogens is 278 g/mol. The van der Waals surface area contributed by atoms with Crippen LogP contribution in [0.25, 0.3) is 10.7 Å². The van der Waals surface area contributed by atoms with E-state index >= 15 is 0 Å². The highest BCUT2D eigenvalue weighted by molar-refractivity contribution is 7.15. The van der Waals surface area contributed by atoms with E-state index in [1.54, 1.807) is 0 Å². The van der Waals surface area contributed by atoms with E-state index in [2.05, 4.69) is 30.2 Å². The predicted molar refractivity (Wildman–Crippen MR) is 88.9 cm³/mol. The van der Waals surface area contributed by atoms with Gasteiger partial charge in [-0.3, -0.25) is 4.98 Å². The smallest absolute Gasteiger partial charge is 0.142 e. The molecule has 1 unspecified atom stereocenters. The molecule has 0 aliphatic heterocycles. The molecule has 2 aromatic heterocycles. The van der Waals surface area contributed by atoms with Crippen molar-refractivity contribution < 1.29 is 0 Å². The van der Waals surface area contributed by atoms with Gasteiger partial charge in [0.25, 0.3) is 0 Å². The molecule has 4 heteroatoms. The third-order valence-corrected chi connectivity index (χ3v) is 5.24. The van der Waals surface area contributed by atoms with E-state index in [0.29, 0.717) is 5.92 Å². The Morgan fingerprint density at radius 1 is 1.43 bits per heavy atom. The fraction of sp³-hybridized carbons (Fsp3) is 0.529. The Kier molecular flexibility index (Phi) is 4.66. The van der Waals surface area contributed by atoms with Gasteiger partial charge in [0.1, 0.15) is 10.7 Å². The summed E-state index contributed by atoms with van der Waals surface area (Å²) in [4.78, 5) is 11.0. The molecule has 1 aliphatic rings.